The number of rotatable bonds is 6. The lowest BCUT2D eigenvalue weighted by molar-refractivity contribution is 0.637. The van der Waals surface area contributed by atoms with Crippen molar-refractivity contribution in [3.63, 3.8) is 0 Å². The van der Waals surface area contributed by atoms with Crippen LogP contribution in [0.1, 0.15) is 32.8 Å². The molecule has 1 aromatic carbocycles. The van der Waals surface area contributed by atoms with Gasteiger partial charge in [0, 0.05) is 16.7 Å². The Labute approximate surface area is 104 Å². The topological polar surface area (TPSA) is 26.0 Å². The Morgan fingerprint density at radius 3 is 2.31 bits per heavy atom. The average Bonchev–Trinajstić information content (AvgIpc) is 2.27. The second-order valence-electron chi connectivity index (χ2n) is 4.65. The molecule has 16 heavy (non-hydrogen) atoms. The van der Waals surface area contributed by atoms with Gasteiger partial charge in [-0.3, -0.25) is 0 Å². The molecule has 0 aliphatic heterocycles. The van der Waals surface area contributed by atoms with E-state index in [2.05, 4.69) is 38.1 Å². The number of benzene rings is 1. The van der Waals surface area contributed by atoms with Crippen molar-refractivity contribution >= 4 is 11.8 Å². The summed E-state index contributed by atoms with van der Waals surface area (Å²) in [7, 11) is 0. The first kappa shape index (κ1) is 13.6. The van der Waals surface area contributed by atoms with Crippen LogP contribution in [-0.2, 0) is 6.42 Å². The van der Waals surface area contributed by atoms with Gasteiger partial charge in [0.05, 0.1) is 0 Å². The molecular formula is C14H23NS. The normalized spacial score (nSPS) is 14.8. The summed E-state index contributed by atoms with van der Waals surface area (Å²) in [4.78, 5) is 1.37. The summed E-state index contributed by atoms with van der Waals surface area (Å²) in [6.45, 7) is 6.60. The second kappa shape index (κ2) is 6.97. The first-order valence-electron chi connectivity index (χ1n) is 6.09. The van der Waals surface area contributed by atoms with Crippen LogP contribution < -0.4 is 5.73 Å². The van der Waals surface area contributed by atoms with Gasteiger partial charge in [0.1, 0.15) is 0 Å². The highest BCUT2D eigenvalue weighted by molar-refractivity contribution is 7.99. The minimum atomic E-state index is 0.249. The lowest BCUT2D eigenvalue weighted by atomic mass is 10.1. The molecule has 90 valence electrons. The Hall–Kier alpha value is -0.470. The fourth-order valence-corrected chi connectivity index (χ4v) is 2.49. The van der Waals surface area contributed by atoms with Crippen LogP contribution in [0.5, 0.6) is 0 Å². The third-order valence-electron chi connectivity index (χ3n) is 2.71. The Morgan fingerprint density at radius 1 is 1.19 bits per heavy atom. The largest absolute Gasteiger partial charge is 0.328 e. The quantitative estimate of drug-likeness (QED) is 0.763. The van der Waals surface area contributed by atoms with E-state index in [1.807, 2.05) is 18.7 Å². The van der Waals surface area contributed by atoms with Gasteiger partial charge in [-0.25, -0.2) is 0 Å². The van der Waals surface area contributed by atoms with Crippen LogP contribution in [-0.4, -0.2) is 11.8 Å². The van der Waals surface area contributed by atoms with Gasteiger partial charge in [-0.1, -0.05) is 32.4 Å². The summed E-state index contributed by atoms with van der Waals surface area (Å²) in [5.41, 5.74) is 7.11. The maximum atomic E-state index is 5.77. The van der Waals surface area contributed by atoms with E-state index in [0.717, 1.165) is 12.3 Å². The first-order valence-corrected chi connectivity index (χ1v) is 7.07. The molecule has 0 fully saturated rings. The van der Waals surface area contributed by atoms with Crippen LogP contribution in [0.3, 0.4) is 0 Å². The SMILES string of the molecule is CCC(C)CSc1ccc(CC(C)N)cc1. The van der Waals surface area contributed by atoms with E-state index >= 15 is 0 Å². The molecule has 2 N–H and O–H groups in total. The molecule has 1 rings (SSSR count). The second-order valence-corrected chi connectivity index (χ2v) is 5.74. The van der Waals surface area contributed by atoms with E-state index < -0.39 is 0 Å². The zero-order valence-electron chi connectivity index (χ0n) is 10.6. The van der Waals surface area contributed by atoms with Gasteiger partial charge in [-0.05, 0) is 37.0 Å². The highest BCUT2D eigenvalue weighted by atomic mass is 32.2. The molecule has 0 saturated carbocycles. The van der Waals surface area contributed by atoms with Gasteiger partial charge in [-0.15, -0.1) is 11.8 Å². The van der Waals surface area contributed by atoms with Gasteiger partial charge in [-0.2, -0.15) is 0 Å². The minimum Gasteiger partial charge on any atom is -0.328 e. The molecule has 2 heteroatoms. The molecule has 1 nitrogen and oxygen atoms in total. The van der Waals surface area contributed by atoms with Crippen molar-refractivity contribution in [2.24, 2.45) is 11.7 Å². The van der Waals surface area contributed by atoms with E-state index in [-0.39, 0.29) is 6.04 Å². The highest BCUT2D eigenvalue weighted by Crippen LogP contribution is 2.22. The molecule has 0 aliphatic rings. The third-order valence-corrected chi connectivity index (χ3v) is 4.05. The van der Waals surface area contributed by atoms with E-state index in [0.29, 0.717) is 0 Å². The summed E-state index contributed by atoms with van der Waals surface area (Å²) in [6.07, 6.45) is 2.23. The Morgan fingerprint density at radius 2 is 1.81 bits per heavy atom. The van der Waals surface area contributed by atoms with E-state index in [9.17, 15) is 0 Å². The van der Waals surface area contributed by atoms with Crippen LogP contribution in [0.25, 0.3) is 0 Å². The van der Waals surface area contributed by atoms with Crippen molar-refractivity contribution < 1.29 is 0 Å². The molecule has 2 atom stereocenters. The molecule has 0 bridgehead atoms. The van der Waals surface area contributed by atoms with Crippen LogP contribution >= 0.6 is 11.8 Å². The third kappa shape index (κ3) is 5.04. The fraction of sp³-hybridized carbons (Fsp3) is 0.571. The molecule has 0 amide bonds. The predicted molar refractivity (Wildman–Crippen MR) is 74.0 cm³/mol. The van der Waals surface area contributed by atoms with Crippen molar-refractivity contribution in [3.05, 3.63) is 29.8 Å². The molecule has 0 radical (unpaired) electrons. The zero-order valence-corrected chi connectivity index (χ0v) is 11.4. The van der Waals surface area contributed by atoms with Gasteiger partial charge >= 0.3 is 0 Å². The highest BCUT2D eigenvalue weighted by Gasteiger charge is 2.01. The first-order chi connectivity index (χ1) is 7.61. The van der Waals surface area contributed by atoms with Crippen molar-refractivity contribution in [2.75, 3.05) is 5.75 Å². The predicted octanol–water partition coefficient (Wildman–Crippen LogP) is 3.71. The molecule has 1 aromatic rings. The summed E-state index contributed by atoms with van der Waals surface area (Å²) in [5, 5.41) is 0. The van der Waals surface area contributed by atoms with Crippen molar-refractivity contribution in [2.45, 2.75) is 44.6 Å². The lowest BCUT2D eigenvalue weighted by Crippen LogP contribution is -2.17. The van der Waals surface area contributed by atoms with Crippen LogP contribution in [0, 0.1) is 5.92 Å². The smallest absolute Gasteiger partial charge is 0.00722 e. The standard InChI is InChI=1S/C14H23NS/c1-4-11(2)10-16-14-7-5-13(6-8-14)9-12(3)15/h5-8,11-12H,4,9-10,15H2,1-3H3. The Kier molecular flexibility index (Phi) is 5.93. The van der Waals surface area contributed by atoms with Crippen molar-refractivity contribution in [1.29, 1.82) is 0 Å². The average molecular weight is 237 g/mol. The molecular weight excluding hydrogens is 214 g/mol. The van der Waals surface area contributed by atoms with Gasteiger partial charge in [0.25, 0.3) is 0 Å². The molecule has 0 aliphatic carbocycles. The Balaban J connectivity index is 2.45. The van der Waals surface area contributed by atoms with Crippen LogP contribution in [0.4, 0.5) is 0 Å². The number of nitrogens with two attached hydrogens (primary N) is 1. The van der Waals surface area contributed by atoms with Crippen LogP contribution in [0.15, 0.2) is 29.2 Å². The van der Waals surface area contributed by atoms with Gasteiger partial charge in [0.15, 0.2) is 0 Å². The van der Waals surface area contributed by atoms with E-state index in [1.165, 1.54) is 22.6 Å². The summed E-state index contributed by atoms with van der Waals surface area (Å²) in [6, 6.07) is 9.07. The zero-order chi connectivity index (χ0) is 12.0. The molecule has 0 spiro atoms. The lowest BCUT2D eigenvalue weighted by Gasteiger charge is -2.09. The monoisotopic (exact) mass is 237 g/mol. The van der Waals surface area contributed by atoms with E-state index in [4.69, 9.17) is 5.73 Å². The van der Waals surface area contributed by atoms with Crippen LogP contribution in [0.2, 0.25) is 0 Å². The summed E-state index contributed by atoms with van der Waals surface area (Å²) in [5.74, 6) is 2.01. The fourth-order valence-electron chi connectivity index (χ4n) is 1.45. The molecule has 2 unspecified atom stereocenters. The van der Waals surface area contributed by atoms with Gasteiger partial charge < -0.3 is 5.73 Å². The van der Waals surface area contributed by atoms with Crippen molar-refractivity contribution in [3.8, 4) is 0 Å². The van der Waals surface area contributed by atoms with E-state index in [1.54, 1.807) is 0 Å². The van der Waals surface area contributed by atoms with Crippen molar-refractivity contribution in [1.82, 2.24) is 0 Å². The number of thioether (sulfide) groups is 1. The molecule has 0 aromatic heterocycles. The minimum absolute atomic E-state index is 0.249. The summed E-state index contributed by atoms with van der Waals surface area (Å²) >= 11 is 1.95. The molecule has 0 heterocycles. The number of hydrogen-bond acceptors (Lipinski definition) is 2. The Bertz CT molecular complexity index is 292. The maximum absolute atomic E-state index is 5.77. The number of hydrogen-bond donors (Lipinski definition) is 1. The summed E-state index contributed by atoms with van der Waals surface area (Å²) < 4.78 is 0. The molecule has 0 saturated heterocycles. The maximum Gasteiger partial charge on any atom is 0.00722 e. The van der Waals surface area contributed by atoms with Gasteiger partial charge in [0.2, 0.25) is 0 Å².